The van der Waals surface area contributed by atoms with Crippen molar-refractivity contribution in [1.82, 2.24) is 0 Å². The van der Waals surface area contributed by atoms with E-state index < -0.39 is 34.7 Å². The molecule has 4 N–H and O–H groups in total. The van der Waals surface area contributed by atoms with E-state index in [1.807, 2.05) is 0 Å². The van der Waals surface area contributed by atoms with Gasteiger partial charge >= 0.3 is 17.6 Å². The first-order valence-electron chi connectivity index (χ1n) is 5.77. The van der Waals surface area contributed by atoms with Gasteiger partial charge in [0.2, 0.25) is 0 Å². The van der Waals surface area contributed by atoms with Crippen molar-refractivity contribution >= 4 is 30.0 Å². The van der Waals surface area contributed by atoms with E-state index in [2.05, 4.69) is 0 Å². The maximum Gasteiger partial charge on any atom is 0.341 e. The maximum atomic E-state index is 11.0. The number of hydrogen-bond acceptors (Lipinski definition) is 6. The van der Waals surface area contributed by atoms with Crippen molar-refractivity contribution in [3.63, 3.8) is 0 Å². The topological polar surface area (TPSA) is 153 Å². The van der Waals surface area contributed by atoms with Crippen LogP contribution in [0.15, 0.2) is 18.2 Å². The van der Waals surface area contributed by atoms with Crippen LogP contribution in [-0.4, -0.2) is 39.2 Å². The van der Waals surface area contributed by atoms with Crippen molar-refractivity contribution in [2.24, 2.45) is 5.73 Å². The SMILES string of the molecule is C[C@@](N)(Cc1ccc([N+](=O)[O-])c(OCC(=O)O)c1)C(=O)O.Cl. The number of ether oxygens (including phenoxy) is 1. The van der Waals surface area contributed by atoms with E-state index in [9.17, 15) is 19.7 Å². The third-order valence-electron chi connectivity index (χ3n) is 2.63. The van der Waals surface area contributed by atoms with Gasteiger partial charge in [-0.2, -0.15) is 0 Å². The summed E-state index contributed by atoms with van der Waals surface area (Å²) in [6.07, 6.45) is -0.0935. The number of rotatable bonds is 7. The lowest BCUT2D eigenvalue weighted by Gasteiger charge is -2.19. The van der Waals surface area contributed by atoms with Crippen LogP contribution in [0.5, 0.6) is 5.75 Å². The van der Waals surface area contributed by atoms with E-state index in [-0.39, 0.29) is 24.6 Å². The minimum atomic E-state index is -1.56. The van der Waals surface area contributed by atoms with E-state index in [0.29, 0.717) is 5.56 Å². The Balaban J connectivity index is 0.00000441. The number of carboxylic acid groups (broad SMARTS) is 2. The Kier molecular flexibility index (Phi) is 6.75. The molecule has 0 spiro atoms. The minimum absolute atomic E-state index is 0. The number of nitro groups is 1. The Morgan fingerprint density at radius 3 is 2.45 bits per heavy atom. The van der Waals surface area contributed by atoms with Crippen LogP contribution in [0.2, 0.25) is 0 Å². The van der Waals surface area contributed by atoms with Crippen molar-refractivity contribution in [3.05, 3.63) is 33.9 Å². The van der Waals surface area contributed by atoms with Crippen LogP contribution in [0.25, 0.3) is 0 Å². The summed E-state index contributed by atoms with van der Waals surface area (Å²) in [5.74, 6) is -2.76. The van der Waals surface area contributed by atoms with Gasteiger partial charge in [0, 0.05) is 12.5 Å². The number of benzene rings is 1. The highest BCUT2D eigenvalue weighted by atomic mass is 35.5. The zero-order valence-electron chi connectivity index (χ0n) is 11.5. The fourth-order valence-corrected chi connectivity index (χ4v) is 1.57. The van der Waals surface area contributed by atoms with E-state index in [1.165, 1.54) is 19.1 Å². The molecular formula is C12H15ClN2O7. The molecule has 0 amide bonds. The fourth-order valence-electron chi connectivity index (χ4n) is 1.57. The number of nitrogens with two attached hydrogens (primary N) is 1. The molecule has 0 bridgehead atoms. The van der Waals surface area contributed by atoms with E-state index in [0.717, 1.165) is 6.07 Å². The molecule has 22 heavy (non-hydrogen) atoms. The van der Waals surface area contributed by atoms with Gasteiger partial charge in [-0.1, -0.05) is 6.07 Å². The average Bonchev–Trinajstić information content (AvgIpc) is 2.35. The van der Waals surface area contributed by atoms with Crippen LogP contribution in [-0.2, 0) is 16.0 Å². The molecule has 0 saturated heterocycles. The van der Waals surface area contributed by atoms with Gasteiger partial charge in [0.15, 0.2) is 12.4 Å². The lowest BCUT2D eigenvalue weighted by atomic mass is 9.94. The summed E-state index contributed by atoms with van der Waals surface area (Å²) in [6.45, 7) is 0.553. The summed E-state index contributed by atoms with van der Waals surface area (Å²) in [6, 6.07) is 3.68. The van der Waals surface area contributed by atoms with E-state index in [4.69, 9.17) is 20.7 Å². The van der Waals surface area contributed by atoms with Crippen LogP contribution in [0.4, 0.5) is 5.69 Å². The molecule has 1 atom stereocenters. The van der Waals surface area contributed by atoms with Crippen molar-refractivity contribution in [2.45, 2.75) is 18.9 Å². The number of carbonyl (C=O) groups is 2. The summed E-state index contributed by atoms with van der Waals surface area (Å²) in [5.41, 5.74) is 4.01. The normalized spacial score (nSPS) is 12.6. The third kappa shape index (κ3) is 5.19. The minimum Gasteiger partial charge on any atom is -0.480 e. The molecule has 122 valence electrons. The van der Waals surface area contributed by atoms with Crippen LogP contribution in [0.3, 0.4) is 0 Å². The Labute approximate surface area is 131 Å². The molecule has 0 aliphatic heterocycles. The smallest absolute Gasteiger partial charge is 0.341 e. The lowest BCUT2D eigenvalue weighted by molar-refractivity contribution is -0.385. The largest absolute Gasteiger partial charge is 0.480 e. The molecule has 10 heteroatoms. The molecule has 1 aromatic rings. The molecule has 1 rings (SSSR count). The summed E-state index contributed by atoms with van der Waals surface area (Å²) in [4.78, 5) is 31.5. The second kappa shape index (κ2) is 7.57. The van der Waals surface area contributed by atoms with Crippen molar-refractivity contribution < 1.29 is 29.5 Å². The predicted octanol–water partition coefficient (Wildman–Crippen LogP) is 0.824. The third-order valence-corrected chi connectivity index (χ3v) is 2.63. The monoisotopic (exact) mass is 334 g/mol. The van der Waals surface area contributed by atoms with Crippen LogP contribution < -0.4 is 10.5 Å². The Bertz CT molecular complexity index is 589. The number of carboxylic acids is 2. The molecule has 0 aromatic heterocycles. The first-order valence-corrected chi connectivity index (χ1v) is 5.77. The predicted molar refractivity (Wildman–Crippen MR) is 77.4 cm³/mol. The molecular weight excluding hydrogens is 320 g/mol. The quantitative estimate of drug-likeness (QED) is 0.489. The average molecular weight is 335 g/mol. The molecule has 0 heterocycles. The zero-order chi connectivity index (χ0) is 16.2. The number of hydrogen-bond donors (Lipinski definition) is 3. The molecule has 1 aromatic carbocycles. The summed E-state index contributed by atoms with van der Waals surface area (Å²) < 4.78 is 4.85. The lowest BCUT2D eigenvalue weighted by Crippen LogP contribution is -2.46. The highest BCUT2D eigenvalue weighted by Crippen LogP contribution is 2.29. The fraction of sp³-hybridized carbons (Fsp3) is 0.333. The van der Waals surface area contributed by atoms with Gasteiger partial charge in [-0.05, 0) is 18.6 Å². The summed E-state index contributed by atoms with van der Waals surface area (Å²) >= 11 is 0. The van der Waals surface area contributed by atoms with Gasteiger partial charge in [0.25, 0.3) is 0 Å². The van der Waals surface area contributed by atoms with Crippen molar-refractivity contribution in [2.75, 3.05) is 6.61 Å². The Morgan fingerprint density at radius 1 is 1.41 bits per heavy atom. The van der Waals surface area contributed by atoms with Crippen LogP contribution in [0, 0.1) is 10.1 Å². The van der Waals surface area contributed by atoms with E-state index in [1.54, 1.807) is 0 Å². The van der Waals surface area contributed by atoms with Gasteiger partial charge in [0.1, 0.15) is 5.54 Å². The van der Waals surface area contributed by atoms with Crippen molar-refractivity contribution in [3.8, 4) is 5.75 Å². The highest BCUT2D eigenvalue weighted by Gasteiger charge is 2.29. The molecule has 0 saturated carbocycles. The molecule has 0 aliphatic carbocycles. The Morgan fingerprint density at radius 2 is 2.00 bits per heavy atom. The molecule has 0 unspecified atom stereocenters. The second-order valence-corrected chi connectivity index (χ2v) is 4.64. The first-order chi connectivity index (χ1) is 9.63. The number of aliphatic carboxylic acids is 2. The molecule has 0 fully saturated rings. The number of halogens is 1. The number of nitrogens with zero attached hydrogens (tertiary/aromatic N) is 1. The highest BCUT2D eigenvalue weighted by molar-refractivity contribution is 5.85. The standard InChI is InChI=1S/C12H14N2O7.ClH/c1-12(13,11(17)18)5-7-2-3-8(14(19)20)9(4-7)21-6-10(15)16;/h2-4H,5-6,13H2,1H3,(H,15,16)(H,17,18);1H/t12-;/m1./s1. The van der Waals surface area contributed by atoms with Gasteiger partial charge in [-0.15, -0.1) is 12.4 Å². The van der Waals surface area contributed by atoms with Gasteiger partial charge in [-0.25, -0.2) is 4.79 Å². The Hall–Kier alpha value is -2.39. The van der Waals surface area contributed by atoms with Crippen LogP contribution in [0.1, 0.15) is 12.5 Å². The zero-order valence-corrected chi connectivity index (χ0v) is 12.3. The van der Waals surface area contributed by atoms with Gasteiger partial charge in [-0.3, -0.25) is 14.9 Å². The maximum absolute atomic E-state index is 11.0. The second-order valence-electron chi connectivity index (χ2n) is 4.64. The molecule has 0 aliphatic rings. The number of nitro benzene ring substituents is 1. The van der Waals surface area contributed by atoms with E-state index >= 15 is 0 Å². The van der Waals surface area contributed by atoms with Gasteiger partial charge in [0.05, 0.1) is 4.92 Å². The van der Waals surface area contributed by atoms with Crippen LogP contribution >= 0.6 is 12.4 Å². The van der Waals surface area contributed by atoms with Gasteiger partial charge < -0.3 is 20.7 Å². The van der Waals surface area contributed by atoms with Crippen molar-refractivity contribution in [1.29, 1.82) is 0 Å². The summed E-state index contributed by atoms with van der Waals surface area (Å²) in [7, 11) is 0. The molecule has 0 radical (unpaired) electrons. The summed E-state index contributed by atoms with van der Waals surface area (Å²) in [5, 5.41) is 28.3. The first kappa shape index (κ1) is 19.6. The molecule has 9 nitrogen and oxygen atoms in total.